The lowest BCUT2D eigenvalue weighted by atomic mass is 10.4. The van der Waals surface area contributed by atoms with Crippen LogP contribution in [0.5, 0.6) is 0 Å². The molecule has 0 rings (SSSR count). The third-order valence-corrected chi connectivity index (χ3v) is 1.40. The number of guanidine groups is 1. The predicted molar refractivity (Wildman–Crippen MR) is 55.0 cm³/mol. The third-order valence-electron chi connectivity index (χ3n) is 1.40. The van der Waals surface area contributed by atoms with Crippen molar-refractivity contribution in [1.29, 1.82) is 0 Å². The number of aliphatic imine (C=N–C) groups is 1. The van der Waals surface area contributed by atoms with E-state index >= 15 is 0 Å². The van der Waals surface area contributed by atoms with Gasteiger partial charge in [0.05, 0.1) is 12.8 Å². The van der Waals surface area contributed by atoms with Crippen molar-refractivity contribution in [2.24, 2.45) is 10.7 Å². The van der Waals surface area contributed by atoms with Crippen LogP contribution in [0.3, 0.4) is 0 Å². The summed E-state index contributed by atoms with van der Waals surface area (Å²) in [6, 6.07) is 0. The van der Waals surface area contributed by atoms with Crippen LogP contribution in [0.2, 0.25) is 0 Å². The predicted octanol–water partition coefficient (Wildman–Crippen LogP) is 1.27. The van der Waals surface area contributed by atoms with Gasteiger partial charge in [-0.1, -0.05) is 19.6 Å². The number of allylic oxidation sites excluding steroid dienone is 2. The van der Waals surface area contributed by atoms with E-state index in [4.69, 9.17) is 10.6 Å². The molecule has 0 aliphatic heterocycles. The third kappa shape index (κ3) is 5.03. The highest BCUT2D eigenvalue weighted by Gasteiger charge is 1.97. The van der Waals surface area contributed by atoms with Gasteiger partial charge in [0.15, 0.2) is 0 Å². The summed E-state index contributed by atoms with van der Waals surface area (Å²) >= 11 is 0. The Morgan fingerprint density at radius 2 is 2.31 bits per heavy atom. The lowest BCUT2D eigenvalue weighted by Crippen LogP contribution is -2.32. The Kier molecular flexibility index (Phi) is 5.63. The zero-order valence-electron chi connectivity index (χ0n) is 8.45. The SMILES string of the molecule is C=C(/C=C\CC)/N=C(/N)N(C)OC. The summed E-state index contributed by atoms with van der Waals surface area (Å²) in [6.07, 6.45) is 4.73. The highest BCUT2D eigenvalue weighted by atomic mass is 16.7. The fourth-order valence-electron chi connectivity index (χ4n) is 0.602. The molecule has 0 heterocycles. The number of hydrogen-bond acceptors (Lipinski definition) is 2. The second-order valence-corrected chi connectivity index (χ2v) is 2.45. The van der Waals surface area contributed by atoms with Crippen molar-refractivity contribution in [3.05, 3.63) is 24.4 Å². The van der Waals surface area contributed by atoms with E-state index in [1.807, 2.05) is 19.1 Å². The van der Waals surface area contributed by atoms with E-state index in [1.54, 1.807) is 7.05 Å². The summed E-state index contributed by atoms with van der Waals surface area (Å²) in [5.74, 6) is 0.285. The average Bonchev–Trinajstić information content (AvgIpc) is 2.13. The van der Waals surface area contributed by atoms with E-state index in [1.165, 1.54) is 12.2 Å². The second kappa shape index (κ2) is 6.25. The lowest BCUT2D eigenvalue weighted by Gasteiger charge is -2.13. The Bertz CT molecular complexity index is 221. The molecule has 0 unspecified atom stereocenters. The summed E-state index contributed by atoms with van der Waals surface area (Å²) in [4.78, 5) is 8.83. The van der Waals surface area contributed by atoms with Crippen molar-refractivity contribution >= 4 is 5.96 Å². The molecule has 74 valence electrons. The van der Waals surface area contributed by atoms with E-state index in [9.17, 15) is 0 Å². The van der Waals surface area contributed by atoms with E-state index in [-0.39, 0.29) is 5.96 Å². The maximum Gasteiger partial charge on any atom is 0.220 e. The van der Waals surface area contributed by atoms with E-state index in [0.29, 0.717) is 5.70 Å². The first-order chi connectivity index (χ1) is 6.11. The number of rotatable bonds is 4. The van der Waals surface area contributed by atoms with Gasteiger partial charge in [0.2, 0.25) is 5.96 Å². The molecule has 0 aromatic carbocycles. The van der Waals surface area contributed by atoms with Gasteiger partial charge >= 0.3 is 0 Å². The minimum Gasteiger partial charge on any atom is -0.368 e. The number of nitrogens with two attached hydrogens (primary N) is 1. The van der Waals surface area contributed by atoms with Crippen LogP contribution in [0, 0.1) is 0 Å². The molecule has 0 saturated carbocycles. The van der Waals surface area contributed by atoms with Crippen molar-refractivity contribution in [1.82, 2.24) is 5.06 Å². The molecule has 4 nitrogen and oxygen atoms in total. The zero-order valence-corrected chi connectivity index (χ0v) is 8.45. The standard InChI is InChI=1S/C9H17N3O/c1-5-6-7-8(2)11-9(10)12(3)13-4/h6-7H,2,5H2,1,3-4H3,(H2,10,11)/b7-6-. The quantitative estimate of drug-likeness (QED) is 0.309. The van der Waals surface area contributed by atoms with Gasteiger partial charge in [-0.05, 0) is 12.5 Å². The van der Waals surface area contributed by atoms with Gasteiger partial charge in [-0.3, -0.25) is 4.84 Å². The molecule has 0 radical (unpaired) electrons. The summed E-state index contributed by atoms with van der Waals surface area (Å²) in [6.45, 7) is 5.75. The highest BCUT2D eigenvalue weighted by Crippen LogP contribution is 1.97. The Morgan fingerprint density at radius 3 is 2.77 bits per heavy atom. The lowest BCUT2D eigenvalue weighted by molar-refractivity contribution is -0.0430. The van der Waals surface area contributed by atoms with Crippen LogP contribution in [-0.4, -0.2) is 25.2 Å². The Labute approximate surface area is 79.3 Å². The molecule has 2 N–H and O–H groups in total. The van der Waals surface area contributed by atoms with Gasteiger partial charge in [0, 0.05) is 7.05 Å². The van der Waals surface area contributed by atoms with Crippen LogP contribution in [-0.2, 0) is 4.84 Å². The van der Waals surface area contributed by atoms with Gasteiger partial charge in [0.1, 0.15) is 0 Å². The van der Waals surface area contributed by atoms with Crippen molar-refractivity contribution in [3.63, 3.8) is 0 Å². The van der Waals surface area contributed by atoms with Crippen molar-refractivity contribution in [3.8, 4) is 0 Å². The van der Waals surface area contributed by atoms with Crippen LogP contribution in [0.15, 0.2) is 29.4 Å². The molecular formula is C9H17N3O. The number of hydroxylamine groups is 2. The van der Waals surface area contributed by atoms with Gasteiger partial charge in [0.25, 0.3) is 0 Å². The Morgan fingerprint density at radius 1 is 1.69 bits per heavy atom. The fraction of sp³-hybridized carbons (Fsp3) is 0.444. The fourth-order valence-corrected chi connectivity index (χ4v) is 0.602. The van der Waals surface area contributed by atoms with Crippen LogP contribution in [0.4, 0.5) is 0 Å². The van der Waals surface area contributed by atoms with Gasteiger partial charge in [-0.2, -0.15) is 0 Å². The highest BCUT2D eigenvalue weighted by molar-refractivity contribution is 5.78. The van der Waals surface area contributed by atoms with Gasteiger partial charge in [-0.15, -0.1) is 0 Å². The minimum atomic E-state index is 0.285. The average molecular weight is 183 g/mol. The minimum absolute atomic E-state index is 0.285. The summed E-state index contributed by atoms with van der Waals surface area (Å²) in [5.41, 5.74) is 6.17. The van der Waals surface area contributed by atoms with Gasteiger partial charge in [-0.25, -0.2) is 10.1 Å². The molecule has 0 aliphatic carbocycles. The number of hydrogen-bond donors (Lipinski definition) is 1. The monoisotopic (exact) mass is 183 g/mol. The molecule has 0 saturated heterocycles. The first-order valence-corrected chi connectivity index (χ1v) is 4.09. The molecule has 13 heavy (non-hydrogen) atoms. The Hall–Kier alpha value is -1.29. The molecule has 0 amide bonds. The van der Waals surface area contributed by atoms with E-state index < -0.39 is 0 Å². The zero-order chi connectivity index (χ0) is 10.3. The van der Waals surface area contributed by atoms with Crippen molar-refractivity contribution < 1.29 is 4.84 Å². The largest absolute Gasteiger partial charge is 0.368 e. The van der Waals surface area contributed by atoms with Crippen LogP contribution in [0.25, 0.3) is 0 Å². The van der Waals surface area contributed by atoms with E-state index in [0.717, 1.165) is 6.42 Å². The summed E-state index contributed by atoms with van der Waals surface area (Å²) < 4.78 is 0. The molecule has 0 atom stereocenters. The van der Waals surface area contributed by atoms with Crippen molar-refractivity contribution in [2.45, 2.75) is 13.3 Å². The van der Waals surface area contributed by atoms with Crippen LogP contribution >= 0.6 is 0 Å². The second-order valence-electron chi connectivity index (χ2n) is 2.45. The van der Waals surface area contributed by atoms with Crippen LogP contribution in [0.1, 0.15) is 13.3 Å². The molecule has 0 spiro atoms. The smallest absolute Gasteiger partial charge is 0.220 e. The molecule has 0 aromatic rings. The normalized spacial score (nSPS) is 12.1. The van der Waals surface area contributed by atoms with Crippen molar-refractivity contribution in [2.75, 3.05) is 14.2 Å². The maximum atomic E-state index is 5.56. The summed E-state index contributed by atoms with van der Waals surface area (Å²) in [7, 11) is 3.20. The molecule has 0 aliphatic rings. The maximum absolute atomic E-state index is 5.56. The molecule has 0 fully saturated rings. The van der Waals surface area contributed by atoms with Crippen LogP contribution < -0.4 is 5.73 Å². The topological polar surface area (TPSA) is 50.8 Å². The molecule has 0 bridgehead atoms. The van der Waals surface area contributed by atoms with Gasteiger partial charge < -0.3 is 5.73 Å². The Balaban J connectivity index is 4.21. The summed E-state index contributed by atoms with van der Waals surface area (Å²) in [5, 5.41) is 1.37. The molecule has 0 aromatic heterocycles. The first kappa shape index (κ1) is 11.7. The van der Waals surface area contributed by atoms with E-state index in [2.05, 4.69) is 11.6 Å². The molecular weight excluding hydrogens is 166 g/mol. The first-order valence-electron chi connectivity index (χ1n) is 4.09. The molecule has 4 heteroatoms. The number of nitrogens with zero attached hydrogens (tertiary/aromatic N) is 2.